The minimum atomic E-state index is -3.43. The van der Waals surface area contributed by atoms with Crippen molar-refractivity contribution < 1.29 is 13.2 Å². The van der Waals surface area contributed by atoms with Gasteiger partial charge in [-0.05, 0) is 66.3 Å². The number of carbonyl (C=O) groups is 1. The van der Waals surface area contributed by atoms with Crippen LogP contribution in [0, 0.1) is 6.92 Å². The van der Waals surface area contributed by atoms with Gasteiger partial charge in [-0.2, -0.15) is 4.31 Å². The quantitative estimate of drug-likeness (QED) is 0.626. The molecule has 0 aromatic heterocycles. The van der Waals surface area contributed by atoms with Gasteiger partial charge < -0.3 is 5.32 Å². The van der Waals surface area contributed by atoms with Crippen molar-refractivity contribution in [2.75, 3.05) is 13.1 Å². The Labute approximate surface area is 183 Å². The summed E-state index contributed by atoms with van der Waals surface area (Å²) >= 11 is 0. The summed E-state index contributed by atoms with van der Waals surface area (Å²) in [4.78, 5) is 13.0. The Hall–Kier alpha value is -2.96. The third-order valence-electron chi connectivity index (χ3n) is 5.72. The molecule has 4 rings (SSSR count). The number of nitrogens with one attached hydrogen (secondary N) is 1. The Balaban J connectivity index is 1.49. The van der Waals surface area contributed by atoms with Crippen molar-refractivity contribution in [3.05, 3.63) is 89.5 Å². The van der Waals surface area contributed by atoms with Crippen LogP contribution in [0.2, 0.25) is 0 Å². The smallest absolute Gasteiger partial charge is 0.251 e. The lowest BCUT2D eigenvalue weighted by atomic mass is 10.0. The van der Waals surface area contributed by atoms with Gasteiger partial charge in [-0.15, -0.1) is 0 Å². The van der Waals surface area contributed by atoms with Crippen LogP contribution in [0.3, 0.4) is 0 Å². The fraction of sp³-hybridized carbons (Fsp3) is 0.240. The van der Waals surface area contributed by atoms with Crippen LogP contribution in [-0.2, 0) is 16.6 Å². The molecule has 6 heteroatoms. The first-order valence-electron chi connectivity index (χ1n) is 10.5. The molecular weight excluding hydrogens is 408 g/mol. The summed E-state index contributed by atoms with van der Waals surface area (Å²) in [5.41, 5.74) is 4.53. The van der Waals surface area contributed by atoms with Gasteiger partial charge in [0.15, 0.2) is 0 Å². The van der Waals surface area contributed by atoms with Gasteiger partial charge in [0.05, 0.1) is 4.90 Å². The van der Waals surface area contributed by atoms with E-state index in [9.17, 15) is 13.2 Å². The molecule has 1 heterocycles. The van der Waals surface area contributed by atoms with E-state index in [1.54, 1.807) is 34.6 Å². The molecule has 0 aliphatic carbocycles. The molecule has 0 saturated carbocycles. The van der Waals surface area contributed by atoms with Crippen LogP contribution < -0.4 is 5.32 Å². The van der Waals surface area contributed by atoms with Crippen molar-refractivity contribution in [2.45, 2.75) is 31.2 Å². The van der Waals surface area contributed by atoms with Crippen molar-refractivity contribution in [1.82, 2.24) is 9.62 Å². The number of sulfonamides is 1. The third-order valence-corrected chi connectivity index (χ3v) is 7.63. The van der Waals surface area contributed by atoms with Crippen molar-refractivity contribution in [1.29, 1.82) is 0 Å². The van der Waals surface area contributed by atoms with Crippen LogP contribution in [0.1, 0.15) is 34.3 Å². The molecule has 1 amide bonds. The molecule has 1 N–H and O–H groups in total. The van der Waals surface area contributed by atoms with Crippen LogP contribution in [0.5, 0.6) is 0 Å². The zero-order valence-electron chi connectivity index (χ0n) is 17.5. The molecule has 5 nitrogen and oxygen atoms in total. The Morgan fingerprint density at radius 3 is 2.32 bits per heavy atom. The van der Waals surface area contributed by atoms with E-state index >= 15 is 0 Å². The number of nitrogens with zero attached hydrogens (tertiary/aromatic N) is 1. The maximum atomic E-state index is 12.7. The fourth-order valence-corrected chi connectivity index (χ4v) is 5.34. The number of benzene rings is 3. The zero-order chi connectivity index (χ0) is 21.8. The number of carbonyl (C=O) groups excluding carboxylic acids is 1. The van der Waals surface area contributed by atoms with Gasteiger partial charge in [-0.1, -0.05) is 48.5 Å². The number of amides is 1. The number of hydrogen-bond acceptors (Lipinski definition) is 3. The Morgan fingerprint density at radius 2 is 1.61 bits per heavy atom. The van der Waals surface area contributed by atoms with Gasteiger partial charge in [0.2, 0.25) is 10.0 Å². The van der Waals surface area contributed by atoms with E-state index in [4.69, 9.17) is 0 Å². The molecule has 1 aliphatic heterocycles. The van der Waals surface area contributed by atoms with Crippen molar-refractivity contribution in [2.24, 2.45) is 0 Å². The molecule has 3 aromatic rings. The standard InChI is InChI=1S/C25H26N2O3S/c1-19-7-2-3-8-23(19)18-26-25(28)22-10-6-9-21(17-22)20-11-13-24(14-12-20)31(29,30)27-15-4-5-16-27/h2-3,6-14,17H,4-5,15-16,18H2,1H3,(H,26,28). The van der Waals surface area contributed by atoms with Crippen LogP contribution in [0.4, 0.5) is 0 Å². The topological polar surface area (TPSA) is 66.5 Å². The molecular formula is C25H26N2O3S. The molecule has 1 saturated heterocycles. The molecule has 1 aliphatic rings. The first kappa shape index (κ1) is 21.3. The van der Waals surface area contributed by atoms with Crippen LogP contribution in [-0.4, -0.2) is 31.7 Å². The normalized spacial score (nSPS) is 14.5. The van der Waals surface area contributed by atoms with E-state index in [0.29, 0.717) is 30.1 Å². The predicted octanol–water partition coefficient (Wildman–Crippen LogP) is 4.38. The maximum absolute atomic E-state index is 12.7. The van der Waals surface area contributed by atoms with Gasteiger partial charge in [0.25, 0.3) is 5.91 Å². The molecule has 1 fully saturated rings. The number of hydrogen-bond donors (Lipinski definition) is 1. The van der Waals surface area contributed by atoms with Gasteiger partial charge in [0, 0.05) is 25.2 Å². The summed E-state index contributed by atoms with van der Waals surface area (Å²) in [5, 5.41) is 2.97. The first-order valence-corrected chi connectivity index (χ1v) is 11.9. The molecule has 0 atom stereocenters. The van der Waals surface area contributed by atoms with E-state index in [1.165, 1.54) is 0 Å². The summed E-state index contributed by atoms with van der Waals surface area (Å²) < 4.78 is 27.0. The van der Waals surface area contributed by atoms with Crippen LogP contribution >= 0.6 is 0 Å². The Bertz CT molecular complexity index is 1180. The highest BCUT2D eigenvalue weighted by Gasteiger charge is 2.26. The molecule has 31 heavy (non-hydrogen) atoms. The highest BCUT2D eigenvalue weighted by Crippen LogP contribution is 2.25. The largest absolute Gasteiger partial charge is 0.348 e. The summed E-state index contributed by atoms with van der Waals surface area (Å²) in [6, 6.07) is 22.2. The second-order valence-electron chi connectivity index (χ2n) is 7.83. The fourth-order valence-electron chi connectivity index (χ4n) is 3.82. The minimum Gasteiger partial charge on any atom is -0.348 e. The minimum absolute atomic E-state index is 0.140. The average Bonchev–Trinajstić information content (AvgIpc) is 3.34. The second kappa shape index (κ2) is 9.04. The molecule has 0 unspecified atom stereocenters. The second-order valence-corrected chi connectivity index (χ2v) is 9.76. The highest BCUT2D eigenvalue weighted by atomic mass is 32.2. The van der Waals surface area contributed by atoms with Gasteiger partial charge >= 0.3 is 0 Å². The summed E-state index contributed by atoms with van der Waals surface area (Å²) in [5.74, 6) is -0.140. The zero-order valence-corrected chi connectivity index (χ0v) is 18.4. The lowest BCUT2D eigenvalue weighted by molar-refractivity contribution is 0.0951. The molecule has 3 aromatic carbocycles. The van der Waals surface area contributed by atoms with E-state index in [-0.39, 0.29) is 5.91 Å². The molecule has 0 bridgehead atoms. The number of rotatable bonds is 6. The third kappa shape index (κ3) is 4.70. The first-order chi connectivity index (χ1) is 14.9. The summed E-state index contributed by atoms with van der Waals surface area (Å²) in [6.07, 6.45) is 1.83. The predicted molar refractivity (Wildman–Crippen MR) is 122 cm³/mol. The van der Waals surface area contributed by atoms with Gasteiger partial charge in [0.1, 0.15) is 0 Å². The van der Waals surface area contributed by atoms with E-state index < -0.39 is 10.0 Å². The molecule has 0 radical (unpaired) electrons. The lowest BCUT2D eigenvalue weighted by Gasteiger charge is -2.15. The van der Waals surface area contributed by atoms with Crippen molar-refractivity contribution in [3.8, 4) is 11.1 Å². The van der Waals surface area contributed by atoms with Crippen molar-refractivity contribution in [3.63, 3.8) is 0 Å². The SMILES string of the molecule is Cc1ccccc1CNC(=O)c1cccc(-c2ccc(S(=O)(=O)N3CCCC3)cc2)c1. The number of aryl methyl sites for hydroxylation is 1. The van der Waals surface area contributed by atoms with E-state index in [0.717, 1.165) is 35.1 Å². The highest BCUT2D eigenvalue weighted by molar-refractivity contribution is 7.89. The van der Waals surface area contributed by atoms with Crippen LogP contribution in [0.25, 0.3) is 11.1 Å². The van der Waals surface area contributed by atoms with E-state index in [2.05, 4.69) is 5.32 Å². The lowest BCUT2D eigenvalue weighted by Crippen LogP contribution is -2.27. The Morgan fingerprint density at radius 1 is 0.903 bits per heavy atom. The van der Waals surface area contributed by atoms with Crippen molar-refractivity contribution >= 4 is 15.9 Å². The van der Waals surface area contributed by atoms with Gasteiger partial charge in [-0.3, -0.25) is 4.79 Å². The monoisotopic (exact) mass is 434 g/mol. The molecule has 0 spiro atoms. The summed E-state index contributed by atoms with van der Waals surface area (Å²) in [6.45, 7) is 3.67. The Kier molecular flexibility index (Phi) is 6.20. The van der Waals surface area contributed by atoms with Crippen LogP contribution in [0.15, 0.2) is 77.7 Å². The summed E-state index contributed by atoms with van der Waals surface area (Å²) in [7, 11) is -3.43. The average molecular weight is 435 g/mol. The molecule has 160 valence electrons. The maximum Gasteiger partial charge on any atom is 0.251 e. The van der Waals surface area contributed by atoms with Gasteiger partial charge in [-0.25, -0.2) is 8.42 Å². The van der Waals surface area contributed by atoms with E-state index in [1.807, 2.05) is 49.4 Å².